The highest BCUT2D eigenvalue weighted by molar-refractivity contribution is 7.09. The van der Waals surface area contributed by atoms with Crippen LogP contribution in [0.1, 0.15) is 116 Å². The average molecular weight is 816 g/mol. The van der Waals surface area contributed by atoms with Crippen molar-refractivity contribution in [1.82, 2.24) is 25.4 Å². The number of aliphatic hydroxyl groups excluding tert-OH is 1. The molecule has 3 unspecified atom stereocenters. The summed E-state index contributed by atoms with van der Waals surface area (Å²) in [5, 5.41) is 27.2. The van der Waals surface area contributed by atoms with E-state index in [1.165, 1.54) is 18.9 Å². The van der Waals surface area contributed by atoms with Crippen molar-refractivity contribution < 1.29 is 43.7 Å². The molecule has 57 heavy (non-hydrogen) atoms. The Labute approximate surface area is 342 Å². The van der Waals surface area contributed by atoms with E-state index in [0.29, 0.717) is 17.8 Å². The number of amides is 4. The molecule has 0 aliphatic heterocycles. The fraction of sp³-hybridized carbons (Fsp3) is 0.643. The van der Waals surface area contributed by atoms with E-state index in [0.717, 1.165) is 16.9 Å². The van der Waals surface area contributed by atoms with E-state index in [1.807, 2.05) is 71.9 Å². The summed E-state index contributed by atoms with van der Waals surface area (Å²) in [6, 6.07) is 6.59. The Morgan fingerprint density at radius 1 is 0.912 bits per heavy atom. The molecule has 14 nitrogen and oxygen atoms in total. The third-order valence-corrected chi connectivity index (χ3v) is 11.5. The molecule has 0 radical (unpaired) electrons. The van der Waals surface area contributed by atoms with Gasteiger partial charge in [-0.25, -0.2) is 4.98 Å². The monoisotopic (exact) mass is 815 g/mol. The van der Waals surface area contributed by atoms with Crippen LogP contribution in [0.2, 0.25) is 0 Å². The SMILES string of the molecule is CC[C@H](C)[C@H](NC(=O)C(C(C)C)N(C)C(=O)C(C)(C)CO)C(=O)N(C)C(C[C@@H](OC(C)=O)c1nc(C(=O)N[C@@H](Cc2ccccc2)CC(C)C(=O)O)cs1)C(C)C. The molecule has 2 aromatic rings. The second-order valence-corrected chi connectivity index (χ2v) is 17.4. The van der Waals surface area contributed by atoms with Gasteiger partial charge in [-0.05, 0) is 50.0 Å². The average Bonchev–Trinajstić information content (AvgIpc) is 3.65. The zero-order chi connectivity index (χ0) is 43.4. The van der Waals surface area contributed by atoms with Crippen LogP contribution in [0.3, 0.4) is 0 Å². The van der Waals surface area contributed by atoms with Crippen molar-refractivity contribution in [2.24, 2.45) is 29.1 Å². The highest BCUT2D eigenvalue weighted by atomic mass is 32.1. The highest BCUT2D eigenvalue weighted by Crippen LogP contribution is 2.31. The molecule has 4 N–H and O–H groups in total. The molecule has 0 spiro atoms. The summed E-state index contributed by atoms with van der Waals surface area (Å²) < 4.78 is 5.77. The van der Waals surface area contributed by atoms with Gasteiger partial charge in [-0.2, -0.15) is 0 Å². The van der Waals surface area contributed by atoms with Gasteiger partial charge in [0.05, 0.1) is 17.9 Å². The molecule has 0 saturated carbocycles. The van der Waals surface area contributed by atoms with Crippen molar-refractivity contribution in [1.29, 1.82) is 0 Å². The Balaban J connectivity index is 2.38. The number of carbonyl (C=O) groups excluding carboxylic acids is 5. The van der Waals surface area contributed by atoms with Crippen LogP contribution in [0, 0.1) is 29.1 Å². The van der Waals surface area contributed by atoms with Crippen LogP contribution in [0.25, 0.3) is 0 Å². The Hall–Kier alpha value is -4.37. The summed E-state index contributed by atoms with van der Waals surface area (Å²) in [5.74, 6) is -4.72. The molecule has 1 heterocycles. The number of hydrogen-bond acceptors (Lipinski definition) is 10. The van der Waals surface area contributed by atoms with Crippen molar-refractivity contribution in [3.05, 3.63) is 52.0 Å². The molecule has 0 aliphatic rings. The predicted molar refractivity (Wildman–Crippen MR) is 219 cm³/mol. The number of benzene rings is 1. The third-order valence-electron chi connectivity index (χ3n) is 10.5. The Morgan fingerprint density at radius 3 is 2.04 bits per heavy atom. The van der Waals surface area contributed by atoms with Crippen molar-refractivity contribution in [3.63, 3.8) is 0 Å². The molecule has 0 bridgehead atoms. The smallest absolute Gasteiger partial charge is 0.306 e. The molecule has 318 valence electrons. The van der Waals surface area contributed by atoms with Gasteiger partial charge in [0.2, 0.25) is 17.7 Å². The number of aromatic nitrogens is 1. The number of likely N-dealkylation sites (N-methyl/N-ethyl adjacent to an activating group) is 2. The first kappa shape index (κ1) is 48.8. The van der Waals surface area contributed by atoms with Gasteiger partial charge in [-0.1, -0.05) is 85.2 Å². The van der Waals surface area contributed by atoms with E-state index >= 15 is 0 Å². The lowest BCUT2D eigenvalue weighted by Gasteiger charge is -2.39. The lowest BCUT2D eigenvalue weighted by molar-refractivity contribution is -0.150. The molecule has 0 aliphatic carbocycles. The molecule has 1 aromatic heterocycles. The van der Waals surface area contributed by atoms with Crippen LogP contribution in [-0.4, -0.2) is 105 Å². The number of nitrogens with one attached hydrogen (secondary N) is 2. The van der Waals surface area contributed by atoms with Gasteiger partial charge in [-0.3, -0.25) is 28.8 Å². The first-order valence-electron chi connectivity index (χ1n) is 19.7. The number of carboxylic acid groups (broad SMARTS) is 1. The van der Waals surface area contributed by atoms with Crippen molar-refractivity contribution in [2.45, 2.75) is 125 Å². The number of rotatable bonds is 22. The normalized spacial score (nSPS) is 15.4. The summed E-state index contributed by atoms with van der Waals surface area (Å²) >= 11 is 1.14. The van der Waals surface area contributed by atoms with Crippen LogP contribution >= 0.6 is 11.3 Å². The predicted octanol–water partition coefficient (Wildman–Crippen LogP) is 5.10. The number of esters is 1. The molecule has 0 saturated heterocycles. The van der Waals surface area contributed by atoms with Crippen LogP contribution in [0.15, 0.2) is 35.7 Å². The summed E-state index contributed by atoms with van der Waals surface area (Å²) in [5.41, 5.74) is -0.0825. The third kappa shape index (κ3) is 13.9. The summed E-state index contributed by atoms with van der Waals surface area (Å²) in [6.07, 6.45) is 0.411. The van der Waals surface area contributed by atoms with E-state index in [4.69, 9.17) is 4.74 Å². The zero-order valence-electron chi connectivity index (χ0n) is 35.7. The summed E-state index contributed by atoms with van der Waals surface area (Å²) in [6.45, 7) is 16.9. The quantitative estimate of drug-likeness (QED) is 0.116. The number of nitrogens with zero attached hydrogens (tertiary/aromatic N) is 3. The molecule has 4 amide bonds. The lowest BCUT2D eigenvalue weighted by atomic mass is 9.90. The maximum absolute atomic E-state index is 14.4. The van der Waals surface area contributed by atoms with Crippen LogP contribution in [-0.2, 0) is 35.1 Å². The maximum Gasteiger partial charge on any atom is 0.306 e. The van der Waals surface area contributed by atoms with Gasteiger partial charge in [-0.15, -0.1) is 11.3 Å². The summed E-state index contributed by atoms with van der Waals surface area (Å²) in [7, 11) is 3.17. The lowest BCUT2D eigenvalue weighted by Crippen LogP contribution is -2.60. The van der Waals surface area contributed by atoms with Gasteiger partial charge in [0, 0.05) is 44.9 Å². The number of hydrogen-bond donors (Lipinski definition) is 4. The minimum absolute atomic E-state index is 0.0869. The Kier molecular flexibility index (Phi) is 18.8. The van der Waals surface area contributed by atoms with Crippen LogP contribution < -0.4 is 10.6 Å². The molecule has 7 atom stereocenters. The van der Waals surface area contributed by atoms with Gasteiger partial charge in [0.1, 0.15) is 22.8 Å². The van der Waals surface area contributed by atoms with Gasteiger partial charge in [0.25, 0.3) is 5.91 Å². The van der Waals surface area contributed by atoms with E-state index in [9.17, 15) is 39.0 Å². The topological polar surface area (TPSA) is 196 Å². The first-order chi connectivity index (χ1) is 26.6. The number of aliphatic hydroxyl groups is 1. The van der Waals surface area contributed by atoms with Gasteiger partial charge < -0.3 is 35.4 Å². The van der Waals surface area contributed by atoms with Gasteiger partial charge in [0.15, 0.2) is 6.10 Å². The molecular formula is C42H65N5O9S. The van der Waals surface area contributed by atoms with Crippen molar-refractivity contribution >= 4 is 46.9 Å². The first-order valence-corrected chi connectivity index (χ1v) is 20.6. The minimum Gasteiger partial charge on any atom is -0.481 e. The fourth-order valence-electron chi connectivity index (χ4n) is 6.82. The van der Waals surface area contributed by atoms with Crippen molar-refractivity contribution in [2.75, 3.05) is 20.7 Å². The Bertz CT molecular complexity index is 1660. The van der Waals surface area contributed by atoms with Gasteiger partial charge >= 0.3 is 11.9 Å². The number of carboxylic acids is 1. The van der Waals surface area contributed by atoms with E-state index in [-0.39, 0.29) is 42.2 Å². The standard InChI is InChI=1S/C42H65N5O9S/c1-13-26(6)34(45-37(51)35(25(4)5)47(12)41(55)42(9,10)23-48)39(52)46(11)32(24(2)3)21-33(56-28(8)49)38-44-31(22-57-38)36(50)43-30(19-27(7)40(53)54)20-29-17-15-14-16-18-29/h14-18,22,24-27,30,32-35,48H,13,19-21,23H2,1-12H3,(H,43,50)(H,45,51)(H,53,54)/t26-,27?,30+,32?,33+,34-,35?/m0/s1. The second-order valence-electron chi connectivity index (χ2n) is 16.5. The van der Waals surface area contributed by atoms with Crippen LogP contribution in [0.4, 0.5) is 0 Å². The molecule has 15 heteroatoms. The maximum atomic E-state index is 14.4. The minimum atomic E-state index is -1.11. The zero-order valence-corrected chi connectivity index (χ0v) is 36.5. The van der Waals surface area contributed by atoms with Crippen LogP contribution in [0.5, 0.6) is 0 Å². The van der Waals surface area contributed by atoms with E-state index in [1.54, 1.807) is 38.1 Å². The van der Waals surface area contributed by atoms with E-state index in [2.05, 4.69) is 15.6 Å². The fourth-order valence-corrected chi connectivity index (χ4v) is 7.66. The molecule has 2 rings (SSSR count). The second kappa shape index (κ2) is 22.0. The number of carbonyl (C=O) groups is 6. The van der Waals surface area contributed by atoms with E-state index < -0.39 is 77.9 Å². The Morgan fingerprint density at radius 2 is 1.53 bits per heavy atom. The molecule has 1 aromatic carbocycles. The molecule has 0 fully saturated rings. The number of ether oxygens (including phenoxy) is 1. The number of thiazole rings is 1. The highest BCUT2D eigenvalue weighted by Gasteiger charge is 2.40. The van der Waals surface area contributed by atoms with Crippen molar-refractivity contribution in [3.8, 4) is 0 Å². The molecular weight excluding hydrogens is 751 g/mol. The number of aliphatic carboxylic acids is 1. The largest absolute Gasteiger partial charge is 0.481 e. The summed E-state index contributed by atoms with van der Waals surface area (Å²) in [4.78, 5) is 86.7.